The van der Waals surface area contributed by atoms with E-state index in [4.69, 9.17) is 32.4 Å². The smallest absolute Gasteiger partial charge is 0.170 e. The molecule has 0 saturated carbocycles. The molecular formula is C15H15ClN2O3. The summed E-state index contributed by atoms with van der Waals surface area (Å²) in [5, 5.41) is 21.1. The normalized spacial score (nSPS) is 11.4. The molecule has 0 heterocycles. The van der Waals surface area contributed by atoms with E-state index in [0.717, 1.165) is 11.1 Å². The maximum Gasteiger partial charge on any atom is 0.170 e. The lowest BCUT2D eigenvalue weighted by atomic mass is 10.1. The highest BCUT2D eigenvalue weighted by atomic mass is 35.5. The number of aliphatic hydroxyl groups excluding tert-OH is 1. The van der Waals surface area contributed by atoms with Gasteiger partial charge in [-0.05, 0) is 23.8 Å². The Labute approximate surface area is 127 Å². The van der Waals surface area contributed by atoms with Crippen LogP contribution in [0.25, 0.3) is 0 Å². The molecule has 0 atom stereocenters. The quantitative estimate of drug-likeness (QED) is 0.343. The Balaban J connectivity index is 2.09. The van der Waals surface area contributed by atoms with Gasteiger partial charge in [-0.2, -0.15) is 0 Å². The second-order valence-electron chi connectivity index (χ2n) is 4.39. The molecule has 5 nitrogen and oxygen atoms in total. The summed E-state index contributed by atoms with van der Waals surface area (Å²) in [6, 6.07) is 12.3. The van der Waals surface area contributed by atoms with Crippen LogP contribution >= 0.6 is 11.6 Å². The van der Waals surface area contributed by atoms with Crippen molar-refractivity contribution in [2.45, 2.75) is 13.2 Å². The summed E-state index contributed by atoms with van der Waals surface area (Å²) in [4.78, 5) is 0. The summed E-state index contributed by atoms with van der Waals surface area (Å²) in [6.45, 7) is 0.247. The number of halogens is 1. The molecule has 110 valence electrons. The highest BCUT2D eigenvalue weighted by Gasteiger charge is 2.06. The highest BCUT2D eigenvalue weighted by Crippen LogP contribution is 2.21. The van der Waals surface area contributed by atoms with Crippen LogP contribution in [-0.4, -0.2) is 16.1 Å². The Morgan fingerprint density at radius 2 is 2.05 bits per heavy atom. The largest absolute Gasteiger partial charge is 0.489 e. The molecule has 0 fully saturated rings. The topological polar surface area (TPSA) is 88.1 Å². The van der Waals surface area contributed by atoms with E-state index in [-0.39, 0.29) is 19.0 Å². The first-order valence-corrected chi connectivity index (χ1v) is 6.60. The number of hydrogen-bond acceptors (Lipinski definition) is 4. The van der Waals surface area contributed by atoms with Crippen molar-refractivity contribution in [3.8, 4) is 5.75 Å². The van der Waals surface area contributed by atoms with Gasteiger partial charge >= 0.3 is 0 Å². The van der Waals surface area contributed by atoms with E-state index in [1.807, 2.05) is 12.1 Å². The zero-order valence-corrected chi connectivity index (χ0v) is 11.9. The summed E-state index contributed by atoms with van der Waals surface area (Å²) in [5.41, 5.74) is 7.59. The van der Waals surface area contributed by atoms with Crippen molar-refractivity contribution in [3.63, 3.8) is 0 Å². The molecule has 0 aromatic heterocycles. The second-order valence-corrected chi connectivity index (χ2v) is 4.79. The maximum atomic E-state index is 9.08. The van der Waals surface area contributed by atoms with Crippen LogP contribution in [0.4, 0.5) is 0 Å². The SMILES string of the molecule is N/C(=N/O)c1ccc(COc2cccc(CO)c2)c(Cl)c1. The molecule has 2 rings (SSSR count). The Morgan fingerprint density at radius 3 is 2.71 bits per heavy atom. The molecule has 0 aliphatic carbocycles. The van der Waals surface area contributed by atoms with Gasteiger partial charge in [0.1, 0.15) is 12.4 Å². The van der Waals surface area contributed by atoms with E-state index < -0.39 is 0 Å². The number of ether oxygens (including phenoxy) is 1. The fourth-order valence-corrected chi connectivity index (χ4v) is 2.01. The monoisotopic (exact) mass is 306 g/mol. The van der Waals surface area contributed by atoms with Crippen LogP contribution in [0.1, 0.15) is 16.7 Å². The van der Waals surface area contributed by atoms with Gasteiger partial charge in [0.05, 0.1) is 6.61 Å². The fourth-order valence-electron chi connectivity index (χ4n) is 1.78. The van der Waals surface area contributed by atoms with Crippen molar-refractivity contribution in [1.29, 1.82) is 0 Å². The van der Waals surface area contributed by atoms with E-state index in [0.29, 0.717) is 16.3 Å². The number of nitrogens with zero attached hydrogens (tertiary/aromatic N) is 1. The van der Waals surface area contributed by atoms with Crippen molar-refractivity contribution < 1.29 is 15.1 Å². The first-order valence-electron chi connectivity index (χ1n) is 6.23. The van der Waals surface area contributed by atoms with Crippen LogP contribution in [-0.2, 0) is 13.2 Å². The number of amidine groups is 1. The first kappa shape index (κ1) is 15.2. The zero-order chi connectivity index (χ0) is 15.2. The van der Waals surface area contributed by atoms with E-state index in [2.05, 4.69) is 5.16 Å². The molecule has 0 amide bonds. The minimum absolute atomic E-state index is 0.0000142. The summed E-state index contributed by atoms with van der Waals surface area (Å²) >= 11 is 6.14. The first-order chi connectivity index (χ1) is 10.1. The Bertz CT molecular complexity index is 659. The third kappa shape index (κ3) is 3.87. The van der Waals surface area contributed by atoms with Gasteiger partial charge in [-0.25, -0.2) is 0 Å². The summed E-state index contributed by atoms with van der Waals surface area (Å²) in [7, 11) is 0. The van der Waals surface area contributed by atoms with Crippen LogP contribution in [0.5, 0.6) is 5.75 Å². The zero-order valence-electron chi connectivity index (χ0n) is 11.2. The Hall–Kier alpha value is -2.24. The standard InChI is InChI=1S/C15H15ClN2O3/c16-14-7-11(15(17)18-20)4-5-12(14)9-21-13-3-1-2-10(6-13)8-19/h1-7,19-20H,8-9H2,(H2,17,18). The highest BCUT2D eigenvalue weighted by molar-refractivity contribution is 6.31. The molecule has 0 radical (unpaired) electrons. The van der Waals surface area contributed by atoms with Gasteiger partial charge in [0.2, 0.25) is 0 Å². The van der Waals surface area contributed by atoms with Gasteiger partial charge < -0.3 is 20.8 Å². The van der Waals surface area contributed by atoms with Crippen molar-refractivity contribution >= 4 is 17.4 Å². The predicted octanol–water partition coefficient (Wildman–Crippen LogP) is 2.51. The van der Waals surface area contributed by atoms with Crippen molar-refractivity contribution in [2.75, 3.05) is 0 Å². The van der Waals surface area contributed by atoms with Gasteiger partial charge in [0.25, 0.3) is 0 Å². The average molecular weight is 307 g/mol. The van der Waals surface area contributed by atoms with Crippen molar-refractivity contribution in [2.24, 2.45) is 10.9 Å². The maximum absolute atomic E-state index is 9.08. The van der Waals surface area contributed by atoms with Crippen molar-refractivity contribution in [3.05, 3.63) is 64.2 Å². The minimum atomic E-state index is -0.0353. The van der Waals surface area contributed by atoms with E-state index in [1.165, 1.54) is 0 Å². The van der Waals surface area contributed by atoms with Crippen LogP contribution in [0, 0.1) is 0 Å². The third-order valence-corrected chi connectivity index (χ3v) is 3.28. The second kappa shape index (κ2) is 6.97. The molecule has 6 heteroatoms. The molecule has 0 bridgehead atoms. The number of rotatable bonds is 5. The summed E-state index contributed by atoms with van der Waals surface area (Å²) < 4.78 is 5.64. The van der Waals surface area contributed by atoms with Gasteiger partial charge in [-0.1, -0.05) is 41.0 Å². The molecule has 2 aromatic rings. The number of benzene rings is 2. The molecule has 0 unspecified atom stereocenters. The number of oxime groups is 1. The lowest BCUT2D eigenvalue weighted by Crippen LogP contribution is -2.13. The molecule has 2 aromatic carbocycles. The molecule has 4 N–H and O–H groups in total. The van der Waals surface area contributed by atoms with Crippen LogP contribution in [0.2, 0.25) is 5.02 Å². The number of nitrogens with two attached hydrogens (primary N) is 1. The molecule has 0 aliphatic rings. The Kier molecular flexibility index (Phi) is 5.03. The van der Waals surface area contributed by atoms with Gasteiger partial charge in [-0.3, -0.25) is 0 Å². The van der Waals surface area contributed by atoms with E-state index in [9.17, 15) is 0 Å². The molecule has 0 spiro atoms. The van der Waals surface area contributed by atoms with Crippen LogP contribution < -0.4 is 10.5 Å². The van der Waals surface area contributed by atoms with Gasteiger partial charge in [0, 0.05) is 16.1 Å². The molecule has 0 aliphatic heterocycles. The minimum Gasteiger partial charge on any atom is -0.489 e. The summed E-state index contributed by atoms with van der Waals surface area (Å²) in [5.74, 6) is 0.651. The van der Waals surface area contributed by atoms with E-state index >= 15 is 0 Å². The third-order valence-electron chi connectivity index (χ3n) is 2.93. The molecular weight excluding hydrogens is 292 g/mol. The molecule has 21 heavy (non-hydrogen) atoms. The fraction of sp³-hybridized carbons (Fsp3) is 0.133. The van der Waals surface area contributed by atoms with Crippen LogP contribution in [0.15, 0.2) is 47.6 Å². The number of hydrogen-bond donors (Lipinski definition) is 3. The van der Waals surface area contributed by atoms with Crippen LogP contribution in [0.3, 0.4) is 0 Å². The predicted molar refractivity (Wildman–Crippen MR) is 80.7 cm³/mol. The van der Waals surface area contributed by atoms with Crippen molar-refractivity contribution in [1.82, 2.24) is 0 Å². The Morgan fingerprint density at radius 1 is 1.24 bits per heavy atom. The van der Waals surface area contributed by atoms with E-state index in [1.54, 1.807) is 30.3 Å². The van der Waals surface area contributed by atoms with Gasteiger partial charge in [0.15, 0.2) is 5.84 Å². The summed E-state index contributed by atoms with van der Waals surface area (Å²) in [6.07, 6.45) is 0. The lowest BCUT2D eigenvalue weighted by Gasteiger charge is -2.10. The van der Waals surface area contributed by atoms with Gasteiger partial charge in [-0.15, -0.1) is 0 Å². The molecule has 0 saturated heterocycles. The lowest BCUT2D eigenvalue weighted by molar-refractivity contribution is 0.278. The number of aliphatic hydroxyl groups is 1. The average Bonchev–Trinajstić information content (AvgIpc) is 2.53.